The van der Waals surface area contributed by atoms with Gasteiger partial charge in [0, 0.05) is 20.6 Å². The Balaban J connectivity index is 2.01. The van der Waals surface area contributed by atoms with Crippen molar-refractivity contribution in [3.05, 3.63) is 29.6 Å². The highest BCUT2D eigenvalue weighted by Gasteiger charge is 2.22. The Labute approximate surface area is 167 Å². The largest absolute Gasteiger partial charge is 0.490 e. The molecule has 1 atom stereocenters. The van der Waals surface area contributed by atoms with Gasteiger partial charge in [0.1, 0.15) is 6.54 Å². The maximum atomic E-state index is 14.4. The lowest BCUT2D eigenvalue weighted by molar-refractivity contribution is -0.127. The van der Waals surface area contributed by atoms with Crippen molar-refractivity contribution in [2.75, 3.05) is 33.8 Å². The fourth-order valence-corrected chi connectivity index (χ4v) is 2.43. The molecule has 0 heterocycles. The Bertz CT molecular complexity index is 687. The standard InChI is InChI=1S/C21H33FN4O2/c1-14(2)11-23-21(24-12-20(27)26(4)5)25-15(3)17-8-9-19(18(22)10-17)28-13-16-6-7-16/h8-10,14-16H,6-7,11-13H2,1-5H3,(H2,23,24,25). The molecule has 2 rings (SSSR count). The molecule has 2 N–H and O–H groups in total. The number of carbonyl (C=O) groups is 1. The Hall–Kier alpha value is -2.31. The first-order chi connectivity index (χ1) is 13.3. The Morgan fingerprint density at radius 3 is 2.61 bits per heavy atom. The summed E-state index contributed by atoms with van der Waals surface area (Å²) < 4.78 is 19.9. The zero-order valence-corrected chi connectivity index (χ0v) is 17.6. The first-order valence-electron chi connectivity index (χ1n) is 9.93. The Morgan fingerprint density at radius 2 is 2.04 bits per heavy atom. The molecule has 1 aliphatic carbocycles. The van der Waals surface area contributed by atoms with E-state index in [1.54, 1.807) is 20.2 Å². The van der Waals surface area contributed by atoms with Crippen molar-refractivity contribution in [3.63, 3.8) is 0 Å². The van der Waals surface area contributed by atoms with E-state index in [1.165, 1.54) is 23.8 Å². The van der Waals surface area contributed by atoms with E-state index >= 15 is 0 Å². The number of likely N-dealkylation sites (N-methyl/N-ethyl adjacent to an activating group) is 1. The van der Waals surface area contributed by atoms with Crippen LogP contribution in [0.15, 0.2) is 23.2 Å². The van der Waals surface area contributed by atoms with Crippen LogP contribution in [0.3, 0.4) is 0 Å². The quantitative estimate of drug-likeness (QED) is 0.501. The first-order valence-corrected chi connectivity index (χ1v) is 9.93. The summed E-state index contributed by atoms with van der Waals surface area (Å²) in [5, 5.41) is 6.48. The minimum Gasteiger partial charge on any atom is -0.490 e. The molecule has 0 saturated heterocycles. The predicted octanol–water partition coefficient (Wildman–Crippen LogP) is 2.95. The summed E-state index contributed by atoms with van der Waals surface area (Å²) in [7, 11) is 3.40. The molecule has 0 spiro atoms. The molecule has 1 unspecified atom stereocenters. The van der Waals surface area contributed by atoms with Crippen LogP contribution >= 0.6 is 0 Å². The van der Waals surface area contributed by atoms with E-state index < -0.39 is 0 Å². The zero-order valence-electron chi connectivity index (χ0n) is 17.6. The average molecular weight is 393 g/mol. The van der Waals surface area contributed by atoms with Gasteiger partial charge in [-0.3, -0.25) is 4.79 Å². The fraction of sp³-hybridized carbons (Fsp3) is 0.619. The van der Waals surface area contributed by atoms with Crippen LogP contribution in [0.4, 0.5) is 4.39 Å². The van der Waals surface area contributed by atoms with Gasteiger partial charge in [-0.05, 0) is 49.3 Å². The van der Waals surface area contributed by atoms with Crippen LogP contribution < -0.4 is 15.4 Å². The van der Waals surface area contributed by atoms with Gasteiger partial charge in [0.25, 0.3) is 0 Å². The maximum absolute atomic E-state index is 14.4. The summed E-state index contributed by atoms with van der Waals surface area (Å²) >= 11 is 0. The van der Waals surface area contributed by atoms with Crippen molar-refractivity contribution in [1.29, 1.82) is 0 Å². The van der Waals surface area contributed by atoms with Crippen LogP contribution in [-0.2, 0) is 4.79 Å². The van der Waals surface area contributed by atoms with E-state index in [1.807, 2.05) is 13.0 Å². The normalized spacial score (nSPS) is 15.3. The summed E-state index contributed by atoms with van der Waals surface area (Å²) in [4.78, 5) is 17.7. The average Bonchev–Trinajstić information content (AvgIpc) is 3.46. The van der Waals surface area contributed by atoms with Gasteiger partial charge in [-0.15, -0.1) is 0 Å². The van der Waals surface area contributed by atoms with Crippen LogP contribution in [0.2, 0.25) is 0 Å². The second-order valence-electron chi connectivity index (χ2n) is 8.04. The van der Waals surface area contributed by atoms with Crippen molar-refractivity contribution in [2.45, 2.75) is 39.7 Å². The van der Waals surface area contributed by atoms with Gasteiger partial charge in [-0.2, -0.15) is 0 Å². The number of carbonyl (C=O) groups excluding carboxylic acids is 1. The van der Waals surface area contributed by atoms with E-state index in [4.69, 9.17) is 4.74 Å². The molecule has 0 radical (unpaired) electrons. The highest BCUT2D eigenvalue weighted by Crippen LogP contribution is 2.30. The molecule has 1 aliphatic rings. The van der Waals surface area contributed by atoms with Gasteiger partial charge < -0.3 is 20.3 Å². The number of ether oxygens (including phenoxy) is 1. The third-order valence-electron chi connectivity index (χ3n) is 4.53. The molecule has 1 aromatic carbocycles. The third kappa shape index (κ3) is 7.37. The number of nitrogens with zero attached hydrogens (tertiary/aromatic N) is 2. The molecule has 0 aromatic heterocycles. The number of benzene rings is 1. The number of hydrogen-bond donors (Lipinski definition) is 2. The molecular weight excluding hydrogens is 359 g/mol. The van der Waals surface area contributed by atoms with Gasteiger partial charge in [-0.25, -0.2) is 9.38 Å². The number of rotatable bonds is 9. The van der Waals surface area contributed by atoms with Gasteiger partial charge in [-0.1, -0.05) is 19.9 Å². The number of amides is 1. The van der Waals surface area contributed by atoms with Crippen LogP contribution in [0, 0.1) is 17.7 Å². The predicted molar refractivity (Wildman–Crippen MR) is 110 cm³/mol. The van der Waals surface area contributed by atoms with Gasteiger partial charge >= 0.3 is 0 Å². The molecule has 156 valence electrons. The molecule has 0 bridgehead atoms. The Morgan fingerprint density at radius 1 is 1.32 bits per heavy atom. The zero-order chi connectivity index (χ0) is 20.7. The molecule has 1 fully saturated rings. The smallest absolute Gasteiger partial charge is 0.243 e. The molecule has 1 saturated carbocycles. The number of halogens is 1. The molecule has 0 aliphatic heterocycles. The minimum absolute atomic E-state index is 0.0510. The third-order valence-corrected chi connectivity index (χ3v) is 4.53. The SMILES string of the molecule is CC(C)CNC(=NCC(=O)N(C)C)NC(C)c1ccc(OCC2CC2)c(F)c1. The van der Waals surface area contributed by atoms with Gasteiger partial charge in [0.05, 0.1) is 12.6 Å². The van der Waals surface area contributed by atoms with Crippen LogP contribution in [0.1, 0.15) is 45.2 Å². The molecule has 7 heteroatoms. The monoisotopic (exact) mass is 392 g/mol. The summed E-state index contributed by atoms with van der Waals surface area (Å²) in [6.45, 7) is 7.47. The summed E-state index contributed by atoms with van der Waals surface area (Å²) in [6, 6.07) is 4.85. The highest BCUT2D eigenvalue weighted by atomic mass is 19.1. The summed E-state index contributed by atoms with van der Waals surface area (Å²) in [5.41, 5.74) is 0.786. The second-order valence-corrected chi connectivity index (χ2v) is 8.04. The number of guanidine groups is 1. The van der Waals surface area contributed by atoms with Crippen molar-refractivity contribution < 1.29 is 13.9 Å². The van der Waals surface area contributed by atoms with Gasteiger partial charge in [0.15, 0.2) is 17.5 Å². The number of nitrogens with one attached hydrogen (secondary N) is 2. The first kappa shape index (κ1) is 22.0. The van der Waals surface area contributed by atoms with Crippen molar-refractivity contribution >= 4 is 11.9 Å². The lowest BCUT2D eigenvalue weighted by Crippen LogP contribution is -2.41. The van der Waals surface area contributed by atoms with Crippen molar-refractivity contribution in [3.8, 4) is 5.75 Å². The maximum Gasteiger partial charge on any atom is 0.243 e. The topological polar surface area (TPSA) is 66.0 Å². The van der Waals surface area contributed by atoms with E-state index in [0.717, 1.165) is 12.1 Å². The van der Waals surface area contributed by atoms with Crippen LogP contribution in [-0.4, -0.2) is 50.6 Å². The van der Waals surface area contributed by atoms with Crippen LogP contribution in [0.25, 0.3) is 0 Å². The number of aliphatic imine (C=N–C) groups is 1. The molecule has 1 aromatic rings. The highest BCUT2D eigenvalue weighted by molar-refractivity contribution is 5.85. The van der Waals surface area contributed by atoms with E-state index in [0.29, 0.717) is 30.2 Å². The van der Waals surface area contributed by atoms with Crippen molar-refractivity contribution in [2.24, 2.45) is 16.8 Å². The summed E-state index contributed by atoms with van der Waals surface area (Å²) in [6.07, 6.45) is 2.34. The lowest BCUT2D eigenvalue weighted by atomic mass is 10.1. The van der Waals surface area contributed by atoms with Crippen molar-refractivity contribution in [1.82, 2.24) is 15.5 Å². The van der Waals surface area contributed by atoms with E-state index in [2.05, 4.69) is 29.5 Å². The minimum atomic E-state index is -0.358. The van der Waals surface area contributed by atoms with Gasteiger partial charge in [0.2, 0.25) is 5.91 Å². The van der Waals surface area contributed by atoms with E-state index in [9.17, 15) is 9.18 Å². The number of hydrogen-bond acceptors (Lipinski definition) is 3. The second kappa shape index (κ2) is 10.3. The lowest BCUT2D eigenvalue weighted by Gasteiger charge is -2.20. The Kier molecular flexibility index (Phi) is 8.08. The van der Waals surface area contributed by atoms with E-state index in [-0.39, 0.29) is 24.3 Å². The fourth-order valence-electron chi connectivity index (χ4n) is 2.43. The molecule has 6 nitrogen and oxygen atoms in total. The molecule has 1 amide bonds. The van der Waals surface area contributed by atoms with Crippen LogP contribution in [0.5, 0.6) is 5.75 Å². The molecule has 28 heavy (non-hydrogen) atoms. The summed E-state index contributed by atoms with van der Waals surface area (Å²) in [5.74, 6) is 1.39. The molecular formula is C21H33FN4O2.